The van der Waals surface area contributed by atoms with E-state index in [2.05, 4.69) is 10.3 Å². The first-order valence-corrected chi connectivity index (χ1v) is 8.01. The normalized spacial score (nSPS) is 23.5. The van der Waals surface area contributed by atoms with Gasteiger partial charge in [-0.2, -0.15) is 0 Å². The van der Waals surface area contributed by atoms with E-state index in [0.717, 1.165) is 43.7 Å². The van der Waals surface area contributed by atoms with Crippen LogP contribution >= 0.6 is 11.3 Å². The molecule has 6 nitrogen and oxygen atoms in total. The van der Waals surface area contributed by atoms with Crippen LogP contribution in [0.25, 0.3) is 0 Å². The van der Waals surface area contributed by atoms with Gasteiger partial charge in [-0.05, 0) is 32.1 Å². The van der Waals surface area contributed by atoms with Gasteiger partial charge in [0.1, 0.15) is 16.0 Å². The van der Waals surface area contributed by atoms with Crippen molar-refractivity contribution in [2.45, 2.75) is 50.2 Å². The number of carbonyl (C=O) groups excluding carboxylic acids is 1. The standard InChI is InChI=1S/C14H18N2O4S/c17-11(18)7-14(4-2-5-14)16-12(19)10-8-15-13(21-10)9-3-1-6-20-9/h8-9H,1-7H2,(H,16,19)(H,17,18). The molecule has 0 aromatic carbocycles. The number of thiazole rings is 1. The Morgan fingerprint density at radius 3 is 2.86 bits per heavy atom. The van der Waals surface area contributed by atoms with Crippen LogP contribution in [0.2, 0.25) is 0 Å². The number of ether oxygens (including phenoxy) is 1. The number of hydrogen-bond acceptors (Lipinski definition) is 5. The van der Waals surface area contributed by atoms with Crippen molar-refractivity contribution in [1.29, 1.82) is 0 Å². The first kappa shape index (κ1) is 14.5. The van der Waals surface area contributed by atoms with Crippen molar-refractivity contribution in [2.75, 3.05) is 6.61 Å². The Morgan fingerprint density at radius 1 is 1.48 bits per heavy atom. The van der Waals surface area contributed by atoms with Crippen LogP contribution in [0.15, 0.2) is 6.20 Å². The van der Waals surface area contributed by atoms with Gasteiger partial charge < -0.3 is 15.2 Å². The van der Waals surface area contributed by atoms with E-state index in [0.29, 0.717) is 4.88 Å². The molecule has 1 saturated carbocycles. The first-order chi connectivity index (χ1) is 10.1. The Hall–Kier alpha value is -1.47. The van der Waals surface area contributed by atoms with E-state index in [9.17, 15) is 9.59 Å². The molecule has 114 valence electrons. The number of carbonyl (C=O) groups is 2. The summed E-state index contributed by atoms with van der Waals surface area (Å²) < 4.78 is 5.56. The maximum atomic E-state index is 12.3. The summed E-state index contributed by atoms with van der Waals surface area (Å²) in [6.45, 7) is 0.744. The molecular formula is C14H18N2O4S. The average Bonchev–Trinajstić information content (AvgIpc) is 3.05. The summed E-state index contributed by atoms with van der Waals surface area (Å²) >= 11 is 1.34. The van der Waals surface area contributed by atoms with E-state index in [1.54, 1.807) is 6.20 Å². The highest BCUT2D eigenvalue weighted by atomic mass is 32.1. The Balaban J connectivity index is 1.66. The molecule has 1 aliphatic carbocycles. The lowest BCUT2D eigenvalue weighted by Crippen LogP contribution is -2.54. The van der Waals surface area contributed by atoms with Crippen LogP contribution in [0.3, 0.4) is 0 Å². The van der Waals surface area contributed by atoms with E-state index in [1.807, 2.05) is 0 Å². The fourth-order valence-corrected chi connectivity index (χ4v) is 3.75. The van der Waals surface area contributed by atoms with Gasteiger partial charge in [-0.1, -0.05) is 0 Å². The third-order valence-electron chi connectivity index (χ3n) is 4.13. The smallest absolute Gasteiger partial charge is 0.305 e. The molecule has 1 aromatic heterocycles. The molecule has 7 heteroatoms. The van der Waals surface area contributed by atoms with Gasteiger partial charge in [0.05, 0.1) is 18.2 Å². The van der Waals surface area contributed by atoms with Gasteiger partial charge in [-0.25, -0.2) is 4.98 Å². The summed E-state index contributed by atoms with van der Waals surface area (Å²) in [6, 6.07) is 0. The second-order valence-corrected chi connectivity index (χ2v) is 6.79. The molecular weight excluding hydrogens is 292 g/mol. The lowest BCUT2D eigenvalue weighted by molar-refractivity contribution is -0.139. The van der Waals surface area contributed by atoms with Gasteiger partial charge >= 0.3 is 5.97 Å². The van der Waals surface area contributed by atoms with Crippen LogP contribution in [0.4, 0.5) is 0 Å². The highest BCUT2D eigenvalue weighted by Gasteiger charge is 2.40. The zero-order valence-corrected chi connectivity index (χ0v) is 12.4. The van der Waals surface area contributed by atoms with Crippen molar-refractivity contribution in [3.05, 3.63) is 16.1 Å². The maximum absolute atomic E-state index is 12.3. The van der Waals surface area contributed by atoms with E-state index >= 15 is 0 Å². The molecule has 1 amide bonds. The van der Waals surface area contributed by atoms with Crippen molar-refractivity contribution in [1.82, 2.24) is 10.3 Å². The Kier molecular flexibility index (Phi) is 3.95. The summed E-state index contributed by atoms with van der Waals surface area (Å²) in [5.41, 5.74) is -0.572. The number of amides is 1. The lowest BCUT2D eigenvalue weighted by Gasteiger charge is -2.41. The van der Waals surface area contributed by atoms with E-state index in [4.69, 9.17) is 9.84 Å². The van der Waals surface area contributed by atoms with Crippen LogP contribution in [0, 0.1) is 0 Å². The Morgan fingerprint density at radius 2 is 2.29 bits per heavy atom. The number of carboxylic acids is 1. The molecule has 1 saturated heterocycles. The monoisotopic (exact) mass is 310 g/mol. The molecule has 2 N–H and O–H groups in total. The van der Waals surface area contributed by atoms with E-state index in [-0.39, 0.29) is 18.4 Å². The molecule has 2 aliphatic rings. The average molecular weight is 310 g/mol. The van der Waals surface area contributed by atoms with Crippen molar-refractivity contribution in [3.63, 3.8) is 0 Å². The van der Waals surface area contributed by atoms with Crippen molar-refractivity contribution in [2.24, 2.45) is 0 Å². The number of carboxylic acid groups (broad SMARTS) is 1. The molecule has 1 atom stereocenters. The summed E-state index contributed by atoms with van der Waals surface area (Å²) in [6.07, 6.45) is 5.92. The minimum atomic E-state index is -0.876. The topological polar surface area (TPSA) is 88.5 Å². The minimum Gasteiger partial charge on any atom is -0.481 e. The minimum absolute atomic E-state index is 0.00762. The molecule has 0 bridgehead atoms. The summed E-state index contributed by atoms with van der Waals surface area (Å²) in [7, 11) is 0. The van der Waals surface area contributed by atoms with Crippen molar-refractivity contribution in [3.8, 4) is 0 Å². The van der Waals surface area contributed by atoms with Crippen molar-refractivity contribution < 1.29 is 19.4 Å². The molecule has 21 heavy (non-hydrogen) atoms. The third-order valence-corrected chi connectivity index (χ3v) is 5.22. The highest BCUT2D eigenvalue weighted by molar-refractivity contribution is 7.13. The van der Waals surface area contributed by atoms with Crippen LogP contribution in [0.5, 0.6) is 0 Å². The predicted molar refractivity (Wildman–Crippen MR) is 76.3 cm³/mol. The fourth-order valence-electron chi connectivity index (χ4n) is 2.86. The van der Waals surface area contributed by atoms with Crippen LogP contribution in [-0.2, 0) is 9.53 Å². The quantitative estimate of drug-likeness (QED) is 0.869. The van der Waals surface area contributed by atoms with Gasteiger partial charge in [0.2, 0.25) is 0 Å². The summed E-state index contributed by atoms with van der Waals surface area (Å²) in [4.78, 5) is 28.0. The highest BCUT2D eigenvalue weighted by Crippen LogP contribution is 2.36. The molecule has 2 fully saturated rings. The third kappa shape index (κ3) is 3.08. The number of rotatable bonds is 5. The lowest BCUT2D eigenvalue weighted by atomic mass is 9.74. The molecule has 1 unspecified atom stereocenters. The van der Waals surface area contributed by atoms with Gasteiger partial charge in [-0.3, -0.25) is 9.59 Å². The van der Waals surface area contributed by atoms with Gasteiger partial charge in [0, 0.05) is 6.61 Å². The molecule has 0 spiro atoms. The number of aliphatic carboxylic acids is 1. The summed E-state index contributed by atoms with van der Waals surface area (Å²) in [5, 5.41) is 12.7. The van der Waals surface area contributed by atoms with Gasteiger partial charge in [-0.15, -0.1) is 11.3 Å². The van der Waals surface area contributed by atoms with Crippen LogP contribution in [0.1, 0.15) is 59.3 Å². The number of nitrogens with one attached hydrogen (secondary N) is 1. The number of nitrogens with zero attached hydrogens (tertiary/aromatic N) is 1. The zero-order valence-electron chi connectivity index (χ0n) is 11.6. The van der Waals surface area contributed by atoms with E-state index in [1.165, 1.54) is 11.3 Å². The second-order valence-electron chi connectivity index (χ2n) is 5.72. The molecule has 1 aliphatic heterocycles. The predicted octanol–water partition coefficient (Wildman–Crippen LogP) is 2.12. The molecule has 1 aromatic rings. The zero-order chi connectivity index (χ0) is 14.9. The van der Waals surface area contributed by atoms with Crippen LogP contribution < -0.4 is 5.32 Å². The molecule has 2 heterocycles. The second kappa shape index (κ2) is 5.73. The first-order valence-electron chi connectivity index (χ1n) is 7.20. The molecule has 0 radical (unpaired) electrons. The largest absolute Gasteiger partial charge is 0.481 e. The Bertz CT molecular complexity index is 547. The maximum Gasteiger partial charge on any atom is 0.305 e. The Labute approximate surface area is 126 Å². The van der Waals surface area contributed by atoms with Crippen molar-refractivity contribution >= 4 is 23.2 Å². The number of aromatic nitrogens is 1. The SMILES string of the molecule is O=C(O)CC1(NC(=O)c2cnc(C3CCCO3)s2)CCC1. The fraction of sp³-hybridized carbons (Fsp3) is 0.643. The number of hydrogen-bond donors (Lipinski definition) is 2. The molecule has 3 rings (SSSR count). The summed E-state index contributed by atoms with van der Waals surface area (Å²) in [5.74, 6) is -1.10. The van der Waals surface area contributed by atoms with Gasteiger partial charge in [0.25, 0.3) is 5.91 Å². The van der Waals surface area contributed by atoms with E-state index < -0.39 is 11.5 Å². The van der Waals surface area contributed by atoms with Crippen LogP contribution in [-0.4, -0.2) is 34.1 Å². The van der Waals surface area contributed by atoms with Gasteiger partial charge in [0.15, 0.2) is 0 Å².